The second-order valence-electron chi connectivity index (χ2n) is 8.00. The maximum absolute atomic E-state index is 12.8. The van der Waals surface area contributed by atoms with Gasteiger partial charge in [-0.05, 0) is 49.1 Å². The number of likely N-dealkylation sites (tertiary alicyclic amines) is 1. The predicted octanol–water partition coefficient (Wildman–Crippen LogP) is 4.58. The van der Waals surface area contributed by atoms with Crippen molar-refractivity contribution < 1.29 is 19.4 Å². The summed E-state index contributed by atoms with van der Waals surface area (Å²) in [4.78, 5) is 26.2. The molecule has 1 aliphatic heterocycles. The first-order valence-electron chi connectivity index (χ1n) is 10.4. The van der Waals surface area contributed by atoms with Crippen LogP contribution >= 0.6 is 23.2 Å². The first-order chi connectivity index (χ1) is 14.8. The summed E-state index contributed by atoms with van der Waals surface area (Å²) in [6, 6.07) is 14.9. The van der Waals surface area contributed by atoms with Crippen molar-refractivity contribution in [3.63, 3.8) is 0 Å². The Balaban J connectivity index is 1.64. The maximum Gasteiger partial charge on any atom is 0.303 e. The summed E-state index contributed by atoms with van der Waals surface area (Å²) < 4.78 is 4.93. The van der Waals surface area contributed by atoms with Gasteiger partial charge in [0.15, 0.2) is 12.4 Å². The highest BCUT2D eigenvalue weighted by atomic mass is 35.5. The molecule has 166 valence electrons. The Morgan fingerprint density at radius 3 is 2.39 bits per heavy atom. The zero-order chi connectivity index (χ0) is 22.4. The molecule has 31 heavy (non-hydrogen) atoms. The number of rotatable bonds is 8. The lowest BCUT2D eigenvalue weighted by atomic mass is 9.84. The van der Waals surface area contributed by atoms with Crippen LogP contribution in [0.5, 0.6) is 0 Å². The molecule has 3 rings (SSSR count). The van der Waals surface area contributed by atoms with E-state index in [2.05, 4.69) is 4.90 Å². The standard InChI is InChI=1S/C24H27Cl2NO4/c1-17(28)31-16-23(29)20(18-7-8-21(25)22(26)15-18)9-12-27-13-10-24(30,11-14-27)19-5-3-2-4-6-19/h2-8,15,20,30H,9-14,16H2,1H3. The van der Waals surface area contributed by atoms with Gasteiger partial charge < -0.3 is 14.7 Å². The van der Waals surface area contributed by atoms with Crippen LogP contribution in [0.2, 0.25) is 10.0 Å². The molecule has 0 aromatic heterocycles. The van der Waals surface area contributed by atoms with Crippen molar-refractivity contribution in [2.75, 3.05) is 26.2 Å². The summed E-state index contributed by atoms with van der Waals surface area (Å²) in [6.45, 7) is 3.16. The van der Waals surface area contributed by atoms with Crippen LogP contribution in [0.3, 0.4) is 0 Å². The number of halogens is 2. The molecule has 0 saturated carbocycles. The molecule has 0 aliphatic carbocycles. The Kier molecular flexibility index (Phi) is 8.11. The molecule has 1 N–H and O–H groups in total. The second-order valence-corrected chi connectivity index (χ2v) is 8.82. The van der Waals surface area contributed by atoms with Crippen LogP contribution in [0.4, 0.5) is 0 Å². The molecule has 2 aromatic carbocycles. The zero-order valence-corrected chi connectivity index (χ0v) is 19.0. The monoisotopic (exact) mass is 463 g/mol. The van der Waals surface area contributed by atoms with Crippen molar-refractivity contribution in [3.05, 3.63) is 69.7 Å². The fourth-order valence-corrected chi connectivity index (χ4v) is 4.32. The minimum absolute atomic E-state index is 0.175. The van der Waals surface area contributed by atoms with E-state index in [0.29, 0.717) is 35.9 Å². The Labute approximate surface area is 192 Å². The van der Waals surface area contributed by atoms with Crippen molar-refractivity contribution in [1.29, 1.82) is 0 Å². The number of benzene rings is 2. The van der Waals surface area contributed by atoms with E-state index >= 15 is 0 Å². The number of nitrogens with zero attached hydrogens (tertiary/aromatic N) is 1. The van der Waals surface area contributed by atoms with E-state index in [-0.39, 0.29) is 12.4 Å². The quantitative estimate of drug-likeness (QED) is 0.580. The zero-order valence-electron chi connectivity index (χ0n) is 17.5. The van der Waals surface area contributed by atoms with E-state index in [9.17, 15) is 14.7 Å². The minimum Gasteiger partial charge on any atom is -0.458 e. The number of carbonyl (C=O) groups is 2. The molecule has 1 heterocycles. The summed E-state index contributed by atoms with van der Waals surface area (Å²) >= 11 is 12.2. The Hall–Kier alpha value is -1.92. The number of hydrogen-bond acceptors (Lipinski definition) is 5. The summed E-state index contributed by atoms with van der Waals surface area (Å²) in [6.07, 6.45) is 1.83. The third kappa shape index (κ3) is 6.30. The molecule has 1 fully saturated rings. The number of esters is 1. The van der Waals surface area contributed by atoms with Gasteiger partial charge in [-0.25, -0.2) is 0 Å². The van der Waals surface area contributed by atoms with Crippen LogP contribution in [0.1, 0.15) is 43.2 Å². The van der Waals surface area contributed by atoms with Crippen LogP contribution in [-0.4, -0.2) is 48.0 Å². The second kappa shape index (κ2) is 10.6. The Bertz CT molecular complexity index is 911. The maximum atomic E-state index is 12.8. The number of ether oxygens (including phenoxy) is 1. The van der Waals surface area contributed by atoms with E-state index in [1.807, 2.05) is 30.3 Å². The molecule has 1 unspecified atom stereocenters. The molecule has 1 saturated heterocycles. The third-order valence-electron chi connectivity index (χ3n) is 5.88. The van der Waals surface area contributed by atoms with Gasteiger partial charge >= 0.3 is 5.97 Å². The summed E-state index contributed by atoms with van der Waals surface area (Å²) in [5.74, 6) is -1.12. The Morgan fingerprint density at radius 1 is 1.10 bits per heavy atom. The normalized spacial score (nSPS) is 17.2. The van der Waals surface area contributed by atoms with Crippen LogP contribution < -0.4 is 0 Å². The lowest BCUT2D eigenvalue weighted by Crippen LogP contribution is -2.43. The summed E-state index contributed by atoms with van der Waals surface area (Å²) in [5.41, 5.74) is 0.885. The van der Waals surface area contributed by atoms with Crippen molar-refractivity contribution >= 4 is 35.0 Å². The van der Waals surface area contributed by atoms with Gasteiger partial charge in [-0.1, -0.05) is 59.6 Å². The summed E-state index contributed by atoms with van der Waals surface area (Å²) in [7, 11) is 0. The van der Waals surface area contributed by atoms with Gasteiger partial charge in [0, 0.05) is 25.9 Å². The van der Waals surface area contributed by atoms with Crippen molar-refractivity contribution in [2.24, 2.45) is 0 Å². The van der Waals surface area contributed by atoms with E-state index < -0.39 is 17.5 Å². The molecule has 0 bridgehead atoms. The fraction of sp³-hybridized carbons (Fsp3) is 0.417. The molecule has 0 amide bonds. The predicted molar refractivity (Wildman–Crippen MR) is 121 cm³/mol. The van der Waals surface area contributed by atoms with Gasteiger partial charge in [0.05, 0.1) is 15.6 Å². The molecule has 0 spiro atoms. The Morgan fingerprint density at radius 2 is 1.77 bits per heavy atom. The lowest BCUT2D eigenvalue weighted by Gasteiger charge is -2.39. The van der Waals surface area contributed by atoms with Crippen LogP contribution in [0.25, 0.3) is 0 Å². The van der Waals surface area contributed by atoms with Gasteiger partial charge in [0.2, 0.25) is 0 Å². The number of piperidine rings is 1. The first-order valence-corrected chi connectivity index (χ1v) is 11.2. The van der Waals surface area contributed by atoms with Crippen LogP contribution in [0.15, 0.2) is 48.5 Å². The van der Waals surface area contributed by atoms with Crippen molar-refractivity contribution in [3.8, 4) is 0 Å². The van der Waals surface area contributed by atoms with E-state index in [1.54, 1.807) is 18.2 Å². The van der Waals surface area contributed by atoms with Gasteiger partial charge in [-0.2, -0.15) is 0 Å². The largest absolute Gasteiger partial charge is 0.458 e. The van der Waals surface area contributed by atoms with E-state index in [0.717, 1.165) is 24.2 Å². The van der Waals surface area contributed by atoms with Crippen molar-refractivity contribution in [1.82, 2.24) is 4.90 Å². The number of Topliss-reactive ketones (excluding diaryl/α,β-unsaturated/α-hetero) is 1. The van der Waals surface area contributed by atoms with Crippen molar-refractivity contribution in [2.45, 2.75) is 37.7 Å². The molecule has 5 nitrogen and oxygen atoms in total. The smallest absolute Gasteiger partial charge is 0.303 e. The van der Waals surface area contributed by atoms with E-state index in [1.165, 1.54) is 6.92 Å². The molecule has 1 aliphatic rings. The highest BCUT2D eigenvalue weighted by Crippen LogP contribution is 2.34. The number of carbonyl (C=O) groups excluding carboxylic acids is 2. The van der Waals surface area contributed by atoms with Gasteiger partial charge in [-0.3, -0.25) is 9.59 Å². The SMILES string of the molecule is CC(=O)OCC(=O)C(CCN1CCC(O)(c2ccccc2)CC1)c1ccc(Cl)c(Cl)c1. The number of ketones is 1. The average Bonchev–Trinajstić information content (AvgIpc) is 2.76. The number of hydrogen-bond donors (Lipinski definition) is 1. The fourth-order valence-electron chi connectivity index (χ4n) is 4.01. The van der Waals surface area contributed by atoms with Crippen LogP contribution in [-0.2, 0) is 19.9 Å². The van der Waals surface area contributed by atoms with E-state index in [4.69, 9.17) is 27.9 Å². The molecular weight excluding hydrogens is 437 g/mol. The first kappa shape index (κ1) is 23.7. The molecule has 7 heteroatoms. The minimum atomic E-state index is -0.813. The topological polar surface area (TPSA) is 66.8 Å². The highest BCUT2D eigenvalue weighted by Gasteiger charge is 2.34. The van der Waals surface area contributed by atoms with Gasteiger partial charge in [-0.15, -0.1) is 0 Å². The van der Waals surface area contributed by atoms with Gasteiger partial charge in [0.1, 0.15) is 0 Å². The number of aliphatic hydroxyl groups is 1. The molecular formula is C24H27Cl2NO4. The molecule has 0 radical (unpaired) electrons. The third-order valence-corrected chi connectivity index (χ3v) is 6.62. The average molecular weight is 464 g/mol. The molecule has 2 aromatic rings. The highest BCUT2D eigenvalue weighted by molar-refractivity contribution is 6.42. The molecule has 1 atom stereocenters. The summed E-state index contributed by atoms with van der Waals surface area (Å²) in [5, 5.41) is 11.8. The van der Waals surface area contributed by atoms with Gasteiger partial charge in [0.25, 0.3) is 0 Å². The lowest BCUT2D eigenvalue weighted by molar-refractivity contribution is -0.146. The van der Waals surface area contributed by atoms with Crippen LogP contribution in [0, 0.1) is 0 Å².